The van der Waals surface area contributed by atoms with Crippen molar-refractivity contribution in [3.63, 3.8) is 0 Å². The van der Waals surface area contributed by atoms with Gasteiger partial charge in [-0.3, -0.25) is 0 Å². The standard InChI is InChI=1S/C11H14F3NO2/c1-15-7-9(16)5-8-3-2-4-10(6-8)17-11(12,13)14/h2-4,6,9,15-16H,5,7H2,1H3. The van der Waals surface area contributed by atoms with E-state index >= 15 is 0 Å². The highest BCUT2D eigenvalue weighted by molar-refractivity contribution is 5.29. The molecule has 0 aromatic heterocycles. The maximum absolute atomic E-state index is 12.0. The lowest BCUT2D eigenvalue weighted by atomic mass is 10.1. The summed E-state index contributed by atoms with van der Waals surface area (Å²) in [5, 5.41) is 12.3. The van der Waals surface area contributed by atoms with Gasteiger partial charge >= 0.3 is 6.36 Å². The Morgan fingerprint density at radius 2 is 2.12 bits per heavy atom. The van der Waals surface area contributed by atoms with E-state index in [1.54, 1.807) is 13.1 Å². The van der Waals surface area contributed by atoms with Gasteiger partial charge in [0.05, 0.1) is 6.10 Å². The van der Waals surface area contributed by atoms with Gasteiger partial charge in [-0.1, -0.05) is 12.1 Å². The maximum atomic E-state index is 12.0. The number of hydrogen-bond donors (Lipinski definition) is 2. The summed E-state index contributed by atoms with van der Waals surface area (Å²) >= 11 is 0. The molecule has 1 rings (SSSR count). The van der Waals surface area contributed by atoms with Gasteiger partial charge in [0.15, 0.2) is 0 Å². The van der Waals surface area contributed by atoms with Gasteiger partial charge in [0.2, 0.25) is 0 Å². The lowest BCUT2D eigenvalue weighted by Gasteiger charge is -2.12. The van der Waals surface area contributed by atoms with Crippen LogP contribution in [-0.4, -0.2) is 31.2 Å². The second-order valence-electron chi connectivity index (χ2n) is 3.61. The fraction of sp³-hybridized carbons (Fsp3) is 0.455. The van der Waals surface area contributed by atoms with E-state index < -0.39 is 12.5 Å². The van der Waals surface area contributed by atoms with Crippen molar-refractivity contribution in [2.75, 3.05) is 13.6 Å². The molecule has 0 aliphatic rings. The zero-order valence-corrected chi connectivity index (χ0v) is 9.29. The van der Waals surface area contributed by atoms with Crippen molar-refractivity contribution in [3.05, 3.63) is 29.8 Å². The molecule has 2 N–H and O–H groups in total. The number of halogens is 3. The van der Waals surface area contributed by atoms with Gasteiger partial charge in [0.1, 0.15) is 5.75 Å². The predicted octanol–water partition coefficient (Wildman–Crippen LogP) is 1.71. The minimum Gasteiger partial charge on any atom is -0.406 e. The fourth-order valence-corrected chi connectivity index (χ4v) is 1.45. The average molecular weight is 249 g/mol. The third-order valence-corrected chi connectivity index (χ3v) is 2.04. The summed E-state index contributed by atoms with van der Waals surface area (Å²) in [6.07, 6.45) is -5.06. The van der Waals surface area contributed by atoms with Crippen LogP contribution < -0.4 is 10.1 Å². The van der Waals surface area contributed by atoms with Crippen molar-refractivity contribution >= 4 is 0 Å². The first kappa shape index (κ1) is 13.8. The highest BCUT2D eigenvalue weighted by Crippen LogP contribution is 2.23. The van der Waals surface area contributed by atoms with E-state index in [2.05, 4.69) is 10.1 Å². The Balaban J connectivity index is 2.66. The summed E-state index contributed by atoms with van der Waals surface area (Å²) in [5.41, 5.74) is 0.592. The molecule has 3 nitrogen and oxygen atoms in total. The average Bonchev–Trinajstić information content (AvgIpc) is 2.15. The Hall–Kier alpha value is -1.27. The van der Waals surface area contributed by atoms with Crippen molar-refractivity contribution in [2.24, 2.45) is 0 Å². The number of aliphatic hydroxyl groups excluding tert-OH is 1. The Morgan fingerprint density at radius 3 is 2.71 bits per heavy atom. The lowest BCUT2D eigenvalue weighted by molar-refractivity contribution is -0.274. The Labute approximate surface area is 97.2 Å². The van der Waals surface area contributed by atoms with Crippen LogP contribution in [0, 0.1) is 0 Å². The van der Waals surface area contributed by atoms with Crippen molar-refractivity contribution in [1.82, 2.24) is 5.32 Å². The Bertz CT molecular complexity index is 355. The van der Waals surface area contributed by atoms with Crippen molar-refractivity contribution in [2.45, 2.75) is 18.9 Å². The van der Waals surface area contributed by atoms with Crippen LogP contribution >= 0.6 is 0 Å². The summed E-state index contributed by atoms with van der Waals surface area (Å²) < 4.78 is 39.7. The van der Waals surface area contributed by atoms with Crippen LogP contribution in [0.5, 0.6) is 5.75 Å². The monoisotopic (exact) mass is 249 g/mol. The molecule has 0 fully saturated rings. The van der Waals surface area contributed by atoms with E-state index in [1.807, 2.05) is 0 Å². The molecule has 0 saturated heterocycles. The third kappa shape index (κ3) is 5.55. The molecule has 0 bridgehead atoms. The predicted molar refractivity (Wildman–Crippen MR) is 56.8 cm³/mol. The smallest absolute Gasteiger partial charge is 0.406 e. The second-order valence-corrected chi connectivity index (χ2v) is 3.61. The third-order valence-electron chi connectivity index (χ3n) is 2.04. The zero-order valence-electron chi connectivity index (χ0n) is 9.29. The van der Waals surface area contributed by atoms with E-state index in [0.29, 0.717) is 12.1 Å². The zero-order chi connectivity index (χ0) is 12.9. The summed E-state index contributed by atoms with van der Waals surface area (Å²) in [7, 11) is 1.69. The number of alkyl halides is 3. The quantitative estimate of drug-likeness (QED) is 0.834. The van der Waals surface area contributed by atoms with E-state index in [1.165, 1.54) is 18.2 Å². The molecule has 1 aromatic rings. The summed E-state index contributed by atoms with van der Waals surface area (Å²) in [4.78, 5) is 0. The highest BCUT2D eigenvalue weighted by Gasteiger charge is 2.31. The highest BCUT2D eigenvalue weighted by atomic mass is 19.4. The SMILES string of the molecule is CNCC(O)Cc1cccc(OC(F)(F)F)c1. The number of nitrogens with one attached hydrogen (secondary N) is 1. The van der Waals surface area contributed by atoms with Crippen molar-refractivity contribution in [1.29, 1.82) is 0 Å². The molecule has 1 atom stereocenters. The van der Waals surface area contributed by atoms with Gasteiger partial charge < -0.3 is 15.2 Å². The van der Waals surface area contributed by atoms with Gasteiger partial charge in [-0.25, -0.2) is 0 Å². The molecule has 0 radical (unpaired) electrons. The molecule has 1 unspecified atom stereocenters. The Morgan fingerprint density at radius 1 is 1.41 bits per heavy atom. The molecule has 17 heavy (non-hydrogen) atoms. The molecular formula is C11H14F3NO2. The van der Waals surface area contributed by atoms with Crippen LogP contribution in [0.25, 0.3) is 0 Å². The molecule has 96 valence electrons. The molecular weight excluding hydrogens is 235 g/mol. The van der Waals surface area contributed by atoms with Crippen molar-refractivity contribution < 1.29 is 23.0 Å². The van der Waals surface area contributed by atoms with Crippen LogP contribution in [0.3, 0.4) is 0 Å². The molecule has 0 aliphatic carbocycles. The summed E-state index contributed by atoms with van der Waals surface area (Å²) in [6.45, 7) is 0.379. The molecule has 0 heterocycles. The number of benzene rings is 1. The first-order valence-corrected chi connectivity index (χ1v) is 5.08. The first-order valence-electron chi connectivity index (χ1n) is 5.08. The number of rotatable bonds is 5. The van der Waals surface area contributed by atoms with Crippen LogP contribution in [0.15, 0.2) is 24.3 Å². The molecule has 0 amide bonds. The van der Waals surface area contributed by atoms with Crippen molar-refractivity contribution in [3.8, 4) is 5.75 Å². The maximum Gasteiger partial charge on any atom is 0.573 e. The summed E-state index contributed by atoms with van der Waals surface area (Å²) in [5.74, 6) is -0.272. The van der Waals surface area contributed by atoms with E-state index in [9.17, 15) is 18.3 Å². The minimum absolute atomic E-state index is 0.272. The normalized spacial score (nSPS) is 13.5. The lowest BCUT2D eigenvalue weighted by Crippen LogP contribution is -2.25. The van der Waals surface area contributed by atoms with Gasteiger partial charge in [-0.15, -0.1) is 13.2 Å². The number of hydrogen-bond acceptors (Lipinski definition) is 3. The molecule has 0 aliphatic heterocycles. The van der Waals surface area contributed by atoms with E-state index in [4.69, 9.17) is 0 Å². The van der Waals surface area contributed by atoms with Gasteiger partial charge in [0.25, 0.3) is 0 Å². The molecule has 1 aromatic carbocycles. The van der Waals surface area contributed by atoms with Crippen LogP contribution in [0.4, 0.5) is 13.2 Å². The van der Waals surface area contributed by atoms with Crippen LogP contribution in [0.1, 0.15) is 5.56 Å². The first-order chi connectivity index (χ1) is 7.90. The number of likely N-dealkylation sites (N-methyl/N-ethyl adjacent to an activating group) is 1. The summed E-state index contributed by atoms with van der Waals surface area (Å²) in [6, 6.07) is 5.60. The van der Waals surface area contributed by atoms with Gasteiger partial charge in [-0.05, 0) is 31.2 Å². The number of ether oxygens (including phenoxy) is 1. The van der Waals surface area contributed by atoms with E-state index in [-0.39, 0.29) is 12.2 Å². The number of aliphatic hydroxyl groups is 1. The largest absolute Gasteiger partial charge is 0.573 e. The fourth-order valence-electron chi connectivity index (χ4n) is 1.45. The second kappa shape index (κ2) is 5.88. The van der Waals surface area contributed by atoms with Gasteiger partial charge in [0, 0.05) is 6.54 Å². The minimum atomic E-state index is -4.69. The van der Waals surface area contributed by atoms with Crippen LogP contribution in [0.2, 0.25) is 0 Å². The van der Waals surface area contributed by atoms with E-state index in [0.717, 1.165) is 0 Å². The Kier molecular flexibility index (Phi) is 4.77. The van der Waals surface area contributed by atoms with Gasteiger partial charge in [-0.2, -0.15) is 0 Å². The molecule has 0 spiro atoms. The molecule has 0 saturated carbocycles. The molecule has 6 heteroatoms. The topological polar surface area (TPSA) is 41.5 Å². The van der Waals surface area contributed by atoms with Crippen LogP contribution in [-0.2, 0) is 6.42 Å².